The highest BCUT2D eigenvalue weighted by Crippen LogP contribution is 2.44. The number of rotatable bonds is 2. The minimum absolute atomic E-state index is 0.319. The summed E-state index contributed by atoms with van der Waals surface area (Å²) in [5, 5.41) is 8.37. The summed E-state index contributed by atoms with van der Waals surface area (Å²) in [6.45, 7) is 6.78. The van der Waals surface area contributed by atoms with E-state index in [1.165, 1.54) is 5.57 Å². The molecule has 1 heteroatoms. The van der Waals surface area contributed by atoms with Crippen LogP contribution in [0, 0.1) is 22.7 Å². The zero-order chi connectivity index (χ0) is 9.90. The van der Waals surface area contributed by atoms with Crippen molar-refractivity contribution in [2.45, 2.75) is 33.6 Å². The standard InChI is InChI=1S/C12H17N/c1-10-7-8-11(12(10,2)3)6-4-5-9-13/h4-5,7,11H,6,8H2,1-3H3. The second kappa shape index (κ2) is 3.79. The van der Waals surface area contributed by atoms with Crippen LogP contribution in [0.1, 0.15) is 33.6 Å². The van der Waals surface area contributed by atoms with Gasteiger partial charge in [-0.1, -0.05) is 31.6 Å². The molecule has 0 fully saturated rings. The number of hydrogen-bond donors (Lipinski definition) is 0. The maximum absolute atomic E-state index is 8.37. The molecule has 0 saturated carbocycles. The van der Waals surface area contributed by atoms with Crippen molar-refractivity contribution in [2.24, 2.45) is 11.3 Å². The Morgan fingerprint density at radius 1 is 1.69 bits per heavy atom. The molecule has 0 aliphatic heterocycles. The van der Waals surface area contributed by atoms with Gasteiger partial charge < -0.3 is 0 Å². The van der Waals surface area contributed by atoms with Crippen molar-refractivity contribution < 1.29 is 0 Å². The monoisotopic (exact) mass is 175 g/mol. The summed E-state index contributed by atoms with van der Waals surface area (Å²) in [6.07, 6.45) is 8.08. The fourth-order valence-electron chi connectivity index (χ4n) is 1.87. The van der Waals surface area contributed by atoms with Gasteiger partial charge in [-0.15, -0.1) is 0 Å². The lowest BCUT2D eigenvalue weighted by molar-refractivity contribution is 0.295. The van der Waals surface area contributed by atoms with Crippen molar-refractivity contribution >= 4 is 0 Å². The van der Waals surface area contributed by atoms with Crippen LogP contribution >= 0.6 is 0 Å². The van der Waals surface area contributed by atoms with Crippen molar-refractivity contribution in [3.8, 4) is 6.07 Å². The van der Waals surface area contributed by atoms with Gasteiger partial charge in [-0.25, -0.2) is 0 Å². The molecule has 1 unspecified atom stereocenters. The average molecular weight is 175 g/mol. The Morgan fingerprint density at radius 2 is 2.38 bits per heavy atom. The summed E-state index contributed by atoms with van der Waals surface area (Å²) >= 11 is 0. The van der Waals surface area contributed by atoms with E-state index in [4.69, 9.17) is 5.26 Å². The number of hydrogen-bond acceptors (Lipinski definition) is 1. The first-order valence-electron chi connectivity index (χ1n) is 4.81. The lowest BCUT2D eigenvalue weighted by Gasteiger charge is -2.28. The summed E-state index contributed by atoms with van der Waals surface area (Å²) in [5.74, 6) is 0.678. The molecule has 0 amide bonds. The SMILES string of the molecule is CC1=CCC(CC=CC#N)C1(C)C. The third kappa shape index (κ3) is 2.01. The fourth-order valence-corrected chi connectivity index (χ4v) is 1.87. The largest absolute Gasteiger partial charge is 0.193 e. The highest BCUT2D eigenvalue weighted by molar-refractivity contribution is 5.19. The van der Waals surface area contributed by atoms with E-state index in [9.17, 15) is 0 Å². The summed E-state index contributed by atoms with van der Waals surface area (Å²) in [7, 11) is 0. The molecule has 0 radical (unpaired) electrons. The van der Waals surface area contributed by atoms with Gasteiger partial charge in [0.05, 0.1) is 6.07 Å². The fraction of sp³-hybridized carbons (Fsp3) is 0.583. The van der Waals surface area contributed by atoms with Crippen molar-refractivity contribution in [3.63, 3.8) is 0 Å². The first kappa shape index (κ1) is 10.1. The van der Waals surface area contributed by atoms with Crippen LogP contribution in [0.2, 0.25) is 0 Å². The maximum Gasteiger partial charge on any atom is 0.0908 e. The van der Waals surface area contributed by atoms with Crippen LogP contribution in [0.4, 0.5) is 0 Å². The van der Waals surface area contributed by atoms with Gasteiger partial charge in [0.1, 0.15) is 0 Å². The quantitative estimate of drug-likeness (QED) is 0.466. The van der Waals surface area contributed by atoms with E-state index in [1.807, 2.05) is 12.1 Å². The molecule has 0 aromatic rings. The van der Waals surface area contributed by atoms with Gasteiger partial charge in [0.2, 0.25) is 0 Å². The van der Waals surface area contributed by atoms with Crippen LogP contribution in [-0.2, 0) is 0 Å². The van der Waals surface area contributed by atoms with Gasteiger partial charge in [-0.3, -0.25) is 0 Å². The predicted molar refractivity (Wildman–Crippen MR) is 55.0 cm³/mol. The van der Waals surface area contributed by atoms with Crippen LogP contribution < -0.4 is 0 Å². The Labute approximate surface area is 80.8 Å². The average Bonchev–Trinajstić information content (AvgIpc) is 2.32. The van der Waals surface area contributed by atoms with Crippen molar-refractivity contribution in [2.75, 3.05) is 0 Å². The molecule has 0 N–H and O–H groups in total. The van der Waals surface area contributed by atoms with Crippen LogP contribution in [0.25, 0.3) is 0 Å². The minimum atomic E-state index is 0.319. The minimum Gasteiger partial charge on any atom is -0.193 e. The summed E-state index contributed by atoms with van der Waals surface area (Å²) < 4.78 is 0. The first-order chi connectivity index (χ1) is 6.09. The summed E-state index contributed by atoms with van der Waals surface area (Å²) in [5.41, 5.74) is 1.81. The molecule has 1 rings (SSSR count). The van der Waals surface area contributed by atoms with E-state index in [0.29, 0.717) is 11.3 Å². The van der Waals surface area contributed by atoms with E-state index >= 15 is 0 Å². The summed E-state index contributed by atoms with van der Waals surface area (Å²) in [4.78, 5) is 0. The molecule has 0 aromatic carbocycles. The molecule has 1 nitrogen and oxygen atoms in total. The summed E-state index contributed by atoms with van der Waals surface area (Å²) in [6, 6.07) is 2.03. The molecule has 1 aliphatic carbocycles. The van der Waals surface area contributed by atoms with E-state index < -0.39 is 0 Å². The molecule has 0 bridgehead atoms. The molecule has 0 heterocycles. The molecule has 70 valence electrons. The van der Waals surface area contributed by atoms with Gasteiger partial charge in [-0.05, 0) is 31.1 Å². The van der Waals surface area contributed by atoms with E-state index in [2.05, 4.69) is 26.8 Å². The maximum atomic E-state index is 8.37. The van der Waals surface area contributed by atoms with Gasteiger partial charge in [0, 0.05) is 6.08 Å². The normalized spacial score (nSPS) is 26.0. The Balaban J connectivity index is 2.57. The topological polar surface area (TPSA) is 23.8 Å². The third-order valence-corrected chi connectivity index (χ3v) is 3.36. The van der Waals surface area contributed by atoms with E-state index in [0.717, 1.165) is 12.8 Å². The Bertz CT molecular complexity index is 276. The molecule has 0 saturated heterocycles. The van der Waals surface area contributed by atoms with E-state index in [-0.39, 0.29) is 0 Å². The second-order valence-corrected chi connectivity index (χ2v) is 4.31. The second-order valence-electron chi connectivity index (χ2n) is 4.31. The zero-order valence-electron chi connectivity index (χ0n) is 8.67. The molecular formula is C12H17N. The lowest BCUT2D eigenvalue weighted by Crippen LogP contribution is -2.19. The van der Waals surface area contributed by atoms with Crippen molar-refractivity contribution in [1.82, 2.24) is 0 Å². The van der Waals surface area contributed by atoms with Gasteiger partial charge in [0.15, 0.2) is 0 Å². The van der Waals surface area contributed by atoms with Gasteiger partial charge >= 0.3 is 0 Å². The molecular weight excluding hydrogens is 158 g/mol. The predicted octanol–water partition coefficient (Wildman–Crippen LogP) is 3.45. The molecule has 0 aromatic heterocycles. The number of nitrogens with zero attached hydrogens (tertiary/aromatic N) is 1. The molecule has 0 spiro atoms. The Morgan fingerprint density at radius 3 is 2.85 bits per heavy atom. The molecule has 13 heavy (non-hydrogen) atoms. The van der Waals surface area contributed by atoms with Crippen LogP contribution in [-0.4, -0.2) is 0 Å². The van der Waals surface area contributed by atoms with Gasteiger partial charge in [0.25, 0.3) is 0 Å². The third-order valence-electron chi connectivity index (χ3n) is 3.36. The van der Waals surface area contributed by atoms with Crippen LogP contribution in [0.3, 0.4) is 0 Å². The Hall–Kier alpha value is -1.03. The zero-order valence-corrected chi connectivity index (χ0v) is 8.67. The van der Waals surface area contributed by atoms with Crippen molar-refractivity contribution in [3.05, 3.63) is 23.8 Å². The Kier molecular flexibility index (Phi) is 2.93. The highest BCUT2D eigenvalue weighted by Gasteiger charge is 2.33. The molecule has 1 atom stereocenters. The highest BCUT2D eigenvalue weighted by atomic mass is 14.4. The van der Waals surface area contributed by atoms with Crippen molar-refractivity contribution in [1.29, 1.82) is 5.26 Å². The first-order valence-corrected chi connectivity index (χ1v) is 4.81. The van der Waals surface area contributed by atoms with Crippen LogP contribution in [0.5, 0.6) is 0 Å². The molecule has 1 aliphatic rings. The number of nitriles is 1. The van der Waals surface area contributed by atoms with Crippen LogP contribution in [0.15, 0.2) is 23.8 Å². The lowest BCUT2D eigenvalue weighted by atomic mass is 9.76. The van der Waals surface area contributed by atoms with Gasteiger partial charge in [-0.2, -0.15) is 5.26 Å². The smallest absolute Gasteiger partial charge is 0.0908 e. The number of allylic oxidation sites excluding steroid dienone is 4. The van der Waals surface area contributed by atoms with E-state index in [1.54, 1.807) is 6.08 Å².